The Labute approximate surface area is 174 Å². The molecule has 0 spiro atoms. The maximum Gasteiger partial charge on any atom is 0.220 e. The minimum absolute atomic E-state index is 0. The van der Waals surface area contributed by atoms with Crippen molar-refractivity contribution in [1.82, 2.24) is 10.6 Å². The highest BCUT2D eigenvalue weighted by Crippen LogP contribution is 2.27. The number of hydrogen-bond donors (Lipinski definition) is 2. The molecule has 2 unspecified atom stereocenters. The van der Waals surface area contributed by atoms with E-state index in [0.717, 1.165) is 25.7 Å². The van der Waals surface area contributed by atoms with Gasteiger partial charge in [0.05, 0.1) is 0 Å². The lowest BCUT2D eigenvalue weighted by atomic mass is 9.89. The largest absolute Gasteiger partial charge is 0.353 e. The summed E-state index contributed by atoms with van der Waals surface area (Å²) in [6.07, 6.45) is 7.20. The van der Waals surface area contributed by atoms with Crippen LogP contribution in [-0.4, -0.2) is 24.0 Å². The number of fused-ring (bicyclic) bond motifs is 2. The zero-order valence-corrected chi connectivity index (χ0v) is 17.2. The van der Waals surface area contributed by atoms with Gasteiger partial charge in [0.15, 0.2) is 0 Å². The van der Waals surface area contributed by atoms with Crippen LogP contribution < -0.4 is 10.6 Å². The summed E-state index contributed by atoms with van der Waals surface area (Å²) in [4.78, 5) is 12.8. The van der Waals surface area contributed by atoms with E-state index in [1.54, 1.807) is 0 Å². The third kappa shape index (κ3) is 5.83. The molecular weight excluding hydrogens is 368 g/mol. The van der Waals surface area contributed by atoms with Crippen LogP contribution in [0.1, 0.15) is 43.2 Å². The molecule has 2 aliphatic heterocycles. The van der Waals surface area contributed by atoms with Crippen molar-refractivity contribution in [3.05, 3.63) is 71.8 Å². The van der Waals surface area contributed by atoms with Gasteiger partial charge in [0.25, 0.3) is 0 Å². The van der Waals surface area contributed by atoms with Gasteiger partial charge in [-0.05, 0) is 55.6 Å². The SMILES string of the molecule is Cl.O=C(CC(Cc1ccccc1)Cc1ccccc1)NC1CC2CCC(C1)N2. The zero-order chi connectivity index (χ0) is 18.5. The second-order valence-corrected chi connectivity index (χ2v) is 8.32. The molecule has 28 heavy (non-hydrogen) atoms. The van der Waals surface area contributed by atoms with Crippen LogP contribution in [-0.2, 0) is 17.6 Å². The standard InChI is InChI=1S/C24H30N2O.ClH/c27-24(26-23-16-21-11-12-22(17-23)25-21)15-20(13-18-7-3-1-4-8-18)14-19-9-5-2-6-10-19;/h1-10,20-23,25H,11-17H2,(H,26,27);1H. The van der Waals surface area contributed by atoms with E-state index in [9.17, 15) is 4.79 Å². The summed E-state index contributed by atoms with van der Waals surface area (Å²) in [5, 5.41) is 6.99. The van der Waals surface area contributed by atoms with E-state index in [1.165, 1.54) is 24.0 Å². The normalized spacial score (nSPS) is 23.2. The summed E-state index contributed by atoms with van der Waals surface area (Å²) in [5.41, 5.74) is 2.62. The Morgan fingerprint density at radius 1 is 0.893 bits per heavy atom. The highest BCUT2D eigenvalue weighted by molar-refractivity contribution is 5.85. The summed E-state index contributed by atoms with van der Waals surface area (Å²) >= 11 is 0. The molecule has 2 atom stereocenters. The first-order chi connectivity index (χ1) is 13.2. The van der Waals surface area contributed by atoms with Crippen molar-refractivity contribution in [1.29, 1.82) is 0 Å². The molecule has 0 saturated carbocycles. The van der Waals surface area contributed by atoms with E-state index in [1.807, 2.05) is 12.1 Å². The van der Waals surface area contributed by atoms with Gasteiger partial charge < -0.3 is 10.6 Å². The third-order valence-corrected chi connectivity index (χ3v) is 6.05. The lowest BCUT2D eigenvalue weighted by molar-refractivity contribution is -0.123. The van der Waals surface area contributed by atoms with Crippen molar-refractivity contribution < 1.29 is 4.79 Å². The maximum atomic E-state index is 12.8. The number of carbonyl (C=O) groups excluding carboxylic acids is 1. The first kappa shape index (κ1) is 20.9. The average molecular weight is 399 g/mol. The zero-order valence-electron chi connectivity index (χ0n) is 16.3. The van der Waals surface area contributed by atoms with Gasteiger partial charge in [-0.25, -0.2) is 0 Å². The maximum absolute atomic E-state index is 12.8. The van der Waals surface area contributed by atoms with Gasteiger partial charge in [-0.3, -0.25) is 4.79 Å². The minimum Gasteiger partial charge on any atom is -0.353 e. The van der Waals surface area contributed by atoms with Crippen LogP contribution >= 0.6 is 12.4 Å². The van der Waals surface area contributed by atoms with Crippen molar-refractivity contribution in [2.75, 3.05) is 0 Å². The molecule has 2 saturated heterocycles. The fourth-order valence-electron chi connectivity index (χ4n) is 4.84. The molecule has 2 aliphatic rings. The van der Waals surface area contributed by atoms with E-state index in [0.29, 0.717) is 30.5 Å². The van der Waals surface area contributed by atoms with E-state index in [2.05, 4.69) is 59.2 Å². The van der Waals surface area contributed by atoms with Crippen molar-refractivity contribution in [2.24, 2.45) is 5.92 Å². The summed E-state index contributed by atoms with van der Waals surface area (Å²) in [7, 11) is 0. The second kappa shape index (κ2) is 10.1. The molecule has 2 fully saturated rings. The quantitative estimate of drug-likeness (QED) is 0.730. The lowest BCUT2D eigenvalue weighted by Gasteiger charge is -2.30. The number of piperidine rings is 1. The predicted octanol–water partition coefficient (Wildman–Crippen LogP) is 4.30. The molecule has 0 radical (unpaired) electrons. The number of hydrogen-bond acceptors (Lipinski definition) is 2. The Balaban J connectivity index is 0.00000225. The molecule has 2 aromatic rings. The van der Waals surface area contributed by atoms with E-state index in [-0.39, 0.29) is 18.3 Å². The molecule has 0 aromatic heterocycles. The summed E-state index contributed by atoms with van der Waals surface area (Å²) < 4.78 is 0. The van der Waals surface area contributed by atoms with Gasteiger partial charge >= 0.3 is 0 Å². The second-order valence-electron chi connectivity index (χ2n) is 8.32. The molecule has 4 heteroatoms. The number of halogens is 1. The van der Waals surface area contributed by atoms with Crippen LogP contribution in [0.4, 0.5) is 0 Å². The third-order valence-electron chi connectivity index (χ3n) is 6.05. The van der Waals surface area contributed by atoms with Gasteiger partial charge in [0.2, 0.25) is 5.91 Å². The fourth-order valence-corrected chi connectivity index (χ4v) is 4.84. The van der Waals surface area contributed by atoms with Crippen LogP contribution in [0.25, 0.3) is 0 Å². The summed E-state index contributed by atoms with van der Waals surface area (Å²) in [6.45, 7) is 0. The molecule has 2 bridgehead atoms. The Morgan fingerprint density at radius 3 is 1.89 bits per heavy atom. The van der Waals surface area contributed by atoms with E-state index < -0.39 is 0 Å². The van der Waals surface area contributed by atoms with Gasteiger partial charge in [-0.2, -0.15) is 0 Å². The number of nitrogens with one attached hydrogen (secondary N) is 2. The fraction of sp³-hybridized carbons (Fsp3) is 0.458. The highest BCUT2D eigenvalue weighted by Gasteiger charge is 2.34. The molecular formula is C24H31ClN2O. The van der Waals surface area contributed by atoms with Crippen LogP contribution in [0.2, 0.25) is 0 Å². The smallest absolute Gasteiger partial charge is 0.220 e. The number of carbonyl (C=O) groups is 1. The molecule has 2 aromatic carbocycles. The Kier molecular flexibility index (Phi) is 7.52. The number of benzene rings is 2. The predicted molar refractivity (Wildman–Crippen MR) is 117 cm³/mol. The topological polar surface area (TPSA) is 41.1 Å². The van der Waals surface area contributed by atoms with Crippen molar-refractivity contribution >= 4 is 18.3 Å². The Hall–Kier alpha value is -1.84. The molecule has 1 amide bonds. The highest BCUT2D eigenvalue weighted by atomic mass is 35.5. The van der Waals surface area contributed by atoms with Crippen LogP contribution in [0, 0.1) is 5.92 Å². The summed E-state index contributed by atoms with van der Waals surface area (Å²) in [6, 6.07) is 22.7. The van der Waals surface area contributed by atoms with Crippen LogP contribution in [0.15, 0.2) is 60.7 Å². The van der Waals surface area contributed by atoms with Gasteiger partial charge in [-0.1, -0.05) is 60.7 Å². The molecule has 2 heterocycles. The Morgan fingerprint density at radius 2 is 1.39 bits per heavy atom. The molecule has 2 N–H and O–H groups in total. The average Bonchev–Trinajstić information content (AvgIpc) is 3.01. The molecule has 4 rings (SSSR count). The first-order valence-electron chi connectivity index (χ1n) is 10.4. The molecule has 0 aliphatic carbocycles. The molecule has 150 valence electrons. The van der Waals surface area contributed by atoms with E-state index in [4.69, 9.17) is 0 Å². The first-order valence-corrected chi connectivity index (χ1v) is 10.4. The number of rotatable bonds is 7. The van der Waals surface area contributed by atoms with Crippen molar-refractivity contribution in [2.45, 2.75) is 63.1 Å². The van der Waals surface area contributed by atoms with Gasteiger partial charge in [-0.15, -0.1) is 12.4 Å². The van der Waals surface area contributed by atoms with Crippen molar-refractivity contribution in [3.63, 3.8) is 0 Å². The number of amides is 1. The van der Waals surface area contributed by atoms with E-state index >= 15 is 0 Å². The monoisotopic (exact) mass is 398 g/mol. The van der Waals surface area contributed by atoms with Gasteiger partial charge in [0, 0.05) is 24.5 Å². The van der Waals surface area contributed by atoms with Crippen LogP contribution in [0.5, 0.6) is 0 Å². The summed E-state index contributed by atoms with van der Waals surface area (Å²) in [5.74, 6) is 0.548. The minimum atomic E-state index is 0. The lowest BCUT2D eigenvalue weighted by Crippen LogP contribution is -2.48. The van der Waals surface area contributed by atoms with Crippen LogP contribution in [0.3, 0.4) is 0 Å². The van der Waals surface area contributed by atoms with Crippen molar-refractivity contribution in [3.8, 4) is 0 Å². The van der Waals surface area contributed by atoms with Gasteiger partial charge in [0.1, 0.15) is 0 Å². The Bertz CT molecular complexity index is 683. The molecule has 3 nitrogen and oxygen atoms in total.